The molecule has 4 nitrogen and oxygen atoms in total. The Labute approximate surface area is 105 Å². The number of hydrogen-bond acceptors (Lipinski definition) is 2. The van der Waals surface area contributed by atoms with E-state index in [1.54, 1.807) is 6.07 Å². The van der Waals surface area contributed by atoms with E-state index in [1.807, 2.05) is 0 Å². The number of aromatic nitrogens is 1. The first-order valence-corrected chi connectivity index (χ1v) is 5.61. The molecule has 19 heavy (non-hydrogen) atoms. The molecule has 3 N–H and O–H groups in total. The molecule has 3 rings (SSSR count). The second kappa shape index (κ2) is 3.66. The highest BCUT2D eigenvalue weighted by Gasteiger charge is 2.39. The molecule has 0 spiro atoms. The lowest BCUT2D eigenvalue weighted by atomic mass is 10.0. The van der Waals surface area contributed by atoms with Gasteiger partial charge >= 0.3 is 12.1 Å². The highest BCUT2D eigenvalue weighted by atomic mass is 19.4. The molecule has 2 heterocycles. The van der Waals surface area contributed by atoms with Gasteiger partial charge in [-0.25, -0.2) is 4.79 Å². The van der Waals surface area contributed by atoms with E-state index in [1.165, 1.54) is 6.07 Å². The molecular weight excluding hydrogens is 261 g/mol. The summed E-state index contributed by atoms with van der Waals surface area (Å²) < 4.78 is 38.7. The second-order valence-electron chi connectivity index (χ2n) is 4.37. The zero-order valence-corrected chi connectivity index (χ0v) is 9.56. The van der Waals surface area contributed by atoms with E-state index in [4.69, 9.17) is 5.11 Å². The zero-order valence-electron chi connectivity index (χ0n) is 9.56. The van der Waals surface area contributed by atoms with Gasteiger partial charge in [-0.15, -0.1) is 0 Å². The summed E-state index contributed by atoms with van der Waals surface area (Å²) in [7, 11) is 0. The van der Waals surface area contributed by atoms with Crippen LogP contribution in [-0.2, 0) is 12.6 Å². The van der Waals surface area contributed by atoms with Gasteiger partial charge in [0.1, 0.15) is 5.69 Å². The minimum atomic E-state index is -4.72. The fourth-order valence-electron chi connectivity index (χ4n) is 2.53. The summed E-state index contributed by atoms with van der Waals surface area (Å²) in [5.74, 6) is -1.57. The van der Waals surface area contributed by atoms with Crippen molar-refractivity contribution < 1.29 is 23.1 Å². The third kappa shape index (κ3) is 1.65. The third-order valence-electron chi connectivity index (χ3n) is 3.26. The Morgan fingerprint density at radius 3 is 2.68 bits per heavy atom. The minimum absolute atomic E-state index is 0.155. The van der Waals surface area contributed by atoms with Gasteiger partial charge in [-0.05, 0) is 24.1 Å². The number of nitrogens with one attached hydrogen (secondary N) is 2. The van der Waals surface area contributed by atoms with Crippen LogP contribution in [0.25, 0.3) is 10.9 Å². The van der Waals surface area contributed by atoms with Crippen LogP contribution in [0.5, 0.6) is 0 Å². The van der Waals surface area contributed by atoms with Crippen LogP contribution >= 0.6 is 0 Å². The van der Waals surface area contributed by atoms with Crippen molar-refractivity contribution in [3.63, 3.8) is 0 Å². The van der Waals surface area contributed by atoms with Crippen molar-refractivity contribution >= 4 is 22.6 Å². The maximum absolute atomic E-state index is 12.9. The van der Waals surface area contributed by atoms with Crippen molar-refractivity contribution in [2.45, 2.75) is 12.6 Å². The Balaban J connectivity index is 2.42. The number of hydrogen-bond donors (Lipinski definition) is 3. The highest BCUT2D eigenvalue weighted by molar-refractivity contribution is 6.08. The monoisotopic (exact) mass is 270 g/mol. The standard InChI is InChI=1S/C12H9F3N2O2/c13-12(14,15)10-9(11(18)19)8-5-3-4-16-6(5)1-2-7(8)17-10/h1-2,16-17H,3-4H2,(H,18,19). The molecular formula is C12H9F3N2O2. The predicted octanol–water partition coefficient (Wildman–Crippen LogP) is 2.85. The molecule has 0 fully saturated rings. The van der Waals surface area contributed by atoms with E-state index in [-0.39, 0.29) is 10.9 Å². The molecule has 7 heteroatoms. The SMILES string of the molecule is O=C(O)c1c(C(F)(F)F)[nH]c2ccc3c(c12)CCN3. The Hall–Kier alpha value is -2.18. The molecule has 0 saturated carbocycles. The number of benzene rings is 1. The Bertz CT molecular complexity index is 688. The maximum Gasteiger partial charge on any atom is 0.432 e. The van der Waals surface area contributed by atoms with Gasteiger partial charge in [0, 0.05) is 23.1 Å². The lowest BCUT2D eigenvalue weighted by molar-refractivity contribution is -0.141. The Kier molecular flexibility index (Phi) is 2.29. The lowest BCUT2D eigenvalue weighted by Gasteiger charge is -2.05. The Morgan fingerprint density at radius 1 is 1.32 bits per heavy atom. The van der Waals surface area contributed by atoms with Crippen molar-refractivity contribution in [1.29, 1.82) is 0 Å². The third-order valence-corrected chi connectivity index (χ3v) is 3.26. The van der Waals surface area contributed by atoms with Crippen LogP contribution in [0.1, 0.15) is 21.6 Å². The highest BCUT2D eigenvalue weighted by Crippen LogP contribution is 2.39. The van der Waals surface area contributed by atoms with E-state index in [2.05, 4.69) is 10.3 Å². The molecule has 1 aliphatic rings. The van der Waals surface area contributed by atoms with Crippen LogP contribution in [-0.4, -0.2) is 22.6 Å². The zero-order chi connectivity index (χ0) is 13.8. The molecule has 1 aromatic carbocycles. The molecule has 0 saturated heterocycles. The Morgan fingerprint density at radius 2 is 2.05 bits per heavy atom. The summed E-state index contributed by atoms with van der Waals surface area (Å²) in [4.78, 5) is 13.4. The van der Waals surface area contributed by atoms with E-state index in [9.17, 15) is 18.0 Å². The molecule has 1 aromatic heterocycles. The number of H-pyrrole nitrogens is 1. The van der Waals surface area contributed by atoms with Crippen LogP contribution < -0.4 is 5.32 Å². The average Bonchev–Trinajstić information content (AvgIpc) is 2.90. The number of carboxylic acid groups (broad SMARTS) is 1. The topological polar surface area (TPSA) is 65.1 Å². The number of aromatic amines is 1. The van der Waals surface area contributed by atoms with E-state index in [0.717, 1.165) is 0 Å². The van der Waals surface area contributed by atoms with E-state index >= 15 is 0 Å². The first-order valence-electron chi connectivity index (χ1n) is 5.61. The number of fused-ring (bicyclic) bond motifs is 3. The van der Waals surface area contributed by atoms with Gasteiger partial charge in [0.25, 0.3) is 0 Å². The quantitative estimate of drug-likeness (QED) is 0.746. The normalized spacial score (nSPS) is 14.5. The maximum atomic E-state index is 12.9. The number of anilines is 1. The second-order valence-corrected chi connectivity index (χ2v) is 4.37. The van der Waals surface area contributed by atoms with Crippen molar-refractivity contribution in [2.75, 3.05) is 11.9 Å². The predicted molar refractivity (Wildman–Crippen MR) is 62.5 cm³/mol. The van der Waals surface area contributed by atoms with Crippen molar-refractivity contribution in [3.8, 4) is 0 Å². The molecule has 1 aliphatic heterocycles. The number of alkyl halides is 3. The van der Waals surface area contributed by atoms with Gasteiger partial charge in [0.05, 0.1) is 5.56 Å². The lowest BCUT2D eigenvalue weighted by Crippen LogP contribution is -2.12. The molecule has 0 radical (unpaired) electrons. The van der Waals surface area contributed by atoms with Crippen LogP contribution in [0.3, 0.4) is 0 Å². The van der Waals surface area contributed by atoms with Gasteiger partial charge in [0.15, 0.2) is 0 Å². The average molecular weight is 270 g/mol. The summed E-state index contributed by atoms with van der Waals surface area (Å²) in [6, 6.07) is 3.13. The summed E-state index contributed by atoms with van der Waals surface area (Å²) >= 11 is 0. The molecule has 2 aromatic rings. The summed E-state index contributed by atoms with van der Waals surface area (Å²) in [6.07, 6.45) is -4.20. The number of halogens is 3. The van der Waals surface area contributed by atoms with Crippen molar-refractivity contribution in [2.24, 2.45) is 0 Å². The summed E-state index contributed by atoms with van der Waals surface area (Å²) in [5.41, 5.74) is -0.366. The van der Waals surface area contributed by atoms with Gasteiger partial charge in [0.2, 0.25) is 0 Å². The molecule has 0 aliphatic carbocycles. The van der Waals surface area contributed by atoms with Crippen LogP contribution in [0.15, 0.2) is 12.1 Å². The van der Waals surface area contributed by atoms with Crippen LogP contribution in [0.4, 0.5) is 18.9 Å². The number of aromatic carboxylic acids is 1. The molecule has 0 bridgehead atoms. The minimum Gasteiger partial charge on any atom is -0.478 e. The summed E-state index contributed by atoms with van der Waals surface area (Å²) in [6.45, 7) is 0.597. The fourth-order valence-corrected chi connectivity index (χ4v) is 2.53. The smallest absolute Gasteiger partial charge is 0.432 e. The first-order chi connectivity index (χ1) is 8.89. The number of carbonyl (C=O) groups is 1. The summed E-state index contributed by atoms with van der Waals surface area (Å²) in [5, 5.41) is 12.3. The molecule has 0 amide bonds. The number of rotatable bonds is 1. The molecule has 100 valence electrons. The largest absolute Gasteiger partial charge is 0.478 e. The van der Waals surface area contributed by atoms with Gasteiger partial charge in [-0.3, -0.25) is 0 Å². The first kappa shape index (κ1) is 11.9. The van der Waals surface area contributed by atoms with Crippen LogP contribution in [0.2, 0.25) is 0 Å². The van der Waals surface area contributed by atoms with Crippen molar-refractivity contribution in [1.82, 2.24) is 4.98 Å². The van der Waals surface area contributed by atoms with Gasteiger partial charge in [-0.2, -0.15) is 13.2 Å². The van der Waals surface area contributed by atoms with Gasteiger partial charge < -0.3 is 15.4 Å². The molecule has 0 unspecified atom stereocenters. The van der Waals surface area contributed by atoms with E-state index < -0.39 is 23.4 Å². The van der Waals surface area contributed by atoms with E-state index in [0.29, 0.717) is 24.2 Å². The molecule has 0 atom stereocenters. The van der Waals surface area contributed by atoms with Crippen molar-refractivity contribution in [3.05, 3.63) is 29.0 Å². The van der Waals surface area contributed by atoms with Gasteiger partial charge in [-0.1, -0.05) is 0 Å². The van der Waals surface area contributed by atoms with Crippen LogP contribution in [0, 0.1) is 0 Å². The number of carboxylic acids is 1. The fraction of sp³-hybridized carbons (Fsp3) is 0.250.